The van der Waals surface area contributed by atoms with Crippen LogP contribution in [0, 0.1) is 5.92 Å². The lowest BCUT2D eigenvalue weighted by molar-refractivity contribution is -0.113. The van der Waals surface area contributed by atoms with E-state index >= 15 is 0 Å². The lowest BCUT2D eigenvalue weighted by Gasteiger charge is -2.18. The average Bonchev–Trinajstić information content (AvgIpc) is 3.21. The van der Waals surface area contributed by atoms with Crippen molar-refractivity contribution in [1.82, 2.24) is 34.9 Å². The molecule has 3 N–H and O–H groups in total. The van der Waals surface area contributed by atoms with Gasteiger partial charge in [0.05, 0.1) is 36.5 Å². The summed E-state index contributed by atoms with van der Waals surface area (Å²) in [7, 11) is 1.53. The highest BCUT2D eigenvalue weighted by atomic mass is 32.2. The molecule has 35 heavy (non-hydrogen) atoms. The average molecular weight is 499 g/mol. The number of pyridine rings is 1. The van der Waals surface area contributed by atoms with Crippen LogP contribution in [0.25, 0.3) is 11.2 Å². The van der Waals surface area contributed by atoms with Gasteiger partial charge >= 0.3 is 0 Å². The molecule has 0 spiro atoms. The topological polar surface area (TPSA) is 147 Å². The number of methoxy groups -OCH3 is 1. The molecule has 0 aromatic carbocycles. The number of aliphatic hydroxyl groups is 1. The number of aliphatic hydroxyl groups excluding tert-OH is 1. The van der Waals surface area contributed by atoms with E-state index in [9.17, 15) is 14.7 Å². The van der Waals surface area contributed by atoms with Gasteiger partial charge in [0.2, 0.25) is 11.8 Å². The highest BCUT2D eigenvalue weighted by Gasteiger charge is 2.31. The number of aromatic nitrogens is 5. The van der Waals surface area contributed by atoms with Crippen molar-refractivity contribution in [1.29, 1.82) is 0 Å². The van der Waals surface area contributed by atoms with E-state index in [1.54, 1.807) is 16.7 Å². The molecule has 2 atom stereocenters. The van der Waals surface area contributed by atoms with Gasteiger partial charge in [0.1, 0.15) is 10.5 Å². The number of rotatable bonds is 8. The molecular formula is C22H26N8O4S. The smallest absolute Gasteiger partial charge is 0.270 e. The van der Waals surface area contributed by atoms with Gasteiger partial charge in [-0.05, 0) is 12.1 Å². The van der Waals surface area contributed by atoms with Crippen molar-refractivity contribution in [2.45, 2.75) is 24.2 Å². The molecule has 2 aliphatic heterocycles. The quantitative estimate of drug-likeness (QED) is 0.377. The summed E-state index contributed by atoms with van der Waals surface area (Å²) in [6.45, 7) is 3.34. The Hall–Kier alpha value is -3.13. The maximum Gasteiger partial charge on any atom is 0.270 e. The van der Waals surface area contributed by atoms with Gasteiger partial charge in [0, 0.05) is 51.3 Å². The first-order valence-electron chi connectivity index (χ1n) is 11.3. The number of β-amino-alcohol motifs (C(OH)–C–C–N with tert-alkyl or cyclic N) is 1. The van der Waals surface area contributed by atoms with E-state index in [-0.39, 0.29) is 17.4 Å². The van der Waals surface area contributed by atoms with Crippen molar-refractivity contribution in [2.24, 2.45) is 5.92 Å². The second kappa shape index (κ2) is 10.2. The fraction of sp³-hybridized carbons (Fsp3) is 0.455. The maximum absolute atomic E-state index is 12.5. The summed E-state index contributed by atoms with van der Waals surface area (Å²) in [6, 6.07) is 5.32. The first-order valence-corrected chi connectivity index (χ1v) is 12.3. The van der Waals surface area contributed by atoms with Gasteiger partial charge in [0.25, 0.3) is 5.56 Å². The zero-order chi connectivity index (χ0) is 24.4. The van der Waals surface area contributed by atoms with Gasteiger partial charge < -0.3 is 20.5 Å². The molecule has 1 saturated heterocycles. The molecule has 0 saturated carbocycles. The van der Waals surface area contributed by atoms with Crippen molar-refractivity contribution >= 4 is 34.5 Å². The van der Waals surface area contributed by atoms with Crippen LogP contribution < -0.4 is 20.9 Å². The van der Waals surface area contributed by atoms with Crippen LogP contribution in [0.3, 0.4) is 0 Å². The Morgan fingerprint density at radius 3 is 3.00 bits per heavy atom. The summed E-state index contributed by atoms with van der Waals surface area (Å²) >= 11 is 1.38. The number of ether oxygens (including phenoxy) is 1. The van der Waals surface area contributed by atoms with E-state index in [1.807, 2.05) is 6.07 Å². The van der Waals surface area contributed by atoms with Crippen molar-refractivity contribution in [3.63, 3.8) is 0 Å². The molecule has 0 unspecified atom stereocenters. The number of hydrogen-bond donors (Lipinski definition) is 3. The first kappa shape index (κ1) is 23.6. The SMILES string of the molecule is COc1ccc2ncc(=O)n(CCN3C[C@H](CNCc4cc5c(nn4)SCC(=O)N5)[C@H](O)C3)c2n1. The normalized spacial score (nSPS) is 20.1. The third kappa shape index (κ3) is 5.27. The summed E-state index contributed by atoms with van der Waals surface area (Å²) in [6.07, 6.45) is 0.826. The van der Waals surface area contributed by atoms with E-state index in [0.717, 1.165) is 10.7 Å². The maximum atomic E-state index is 12.5. The third-order valence-electron chi connectivity index (χ3n) is 6.13. The summed E-state index contributed by atoms with van der Waals surface area (Å²) in [5, 5.41) is 25.8. The van der Waals surface area contributed by atoms with Crippen molar-refractivity contribution < 1.29 is 14.6 Å². The van der Waals surface area contributed by atoms with Gasteiger partial charge in [-0.25, -0.2) is 4.98 Å². The van der Waals surface area contributed by atoms with Crippen molar-refractivity contribution in [3.8, 4) is 5.88 Å². The number of nitrogens with zero attached hydrogens (tertiary/aromatic N) is 6. The van der Waals surface area contributed by atoms with Crippen LogP contribution in [0.15, 0.2) is 34.2 Å². The Labute approximate surface area is 205 Å². The summed E-state index contributed by atoms with van der Waals surface area (Å²) in [5.74, 6) is 0.776. The highest BCUT2D eigenvalue weighted by Crippen LogP contribution is 2.28. The van der Waals surface area contributed by atoms with E-state index in [1.165, 1.54) is 25.1 Å². The molecule has 184 valence electrons. The standard InChI is InChI=1S/C22H26N8O4S/c1-34-19-3-2-15-21(26-19)30(20(33)9-24-15)5-4-29-10-13(17(31)11-29)7-23-8-14-6-16-22(28-27-14)35-12-18(32)25-16/h2-3,6,9,13,17,23,31H,4-5,7-8,10-12H2,1H3,(H,25,32)/t13-,17+/m0/s1. The molecule has 3 aromatic rings. The number of thioether (sulfide) groups is 1. The van der Waals surface area contributed by atoms with Crippen LogP contribution in [0.1, 0.15) is 5.69 Å². The summed E-state index contributed by atoms with van der Waals surface area (Å²) < 4.78 is 6.78. The fourth-order valence-corrected chi connectivity index (χ4v) is 5.03. The first-order chi connectivity index (χ1) is 17.0. The lowest BCUT2D eigenvalue weighted by Crippen LogP contribution is -2.31. The van der Waals surface area contributed by atoms with E-state index in [4.69, 9.17) is 4.74 Å². The van der Waals surface area contributed by atoms with Gasteiger partial charge in [-0.1, -0.05) is 11.8 Å². The van der Waals surface area contributed by atoms with Crippen LogP contribution in [-0.4, -0.2) is 85.8 Å². The number of nitrogens with one attached hydrogen (secondary N) is 2. The molecule has 0 aliphatic carbocycles. The third-order valence-corrected chi connectivity index (χ3v) is 7.11. The second-order valence-corrected chi connectivity index (χ2v) is 9.52. The summed E-state index contributed by atoms with van der Waals surface area (Å²) in [5.41, 5.74) is 2.30. The zero-order valence-electron chi connectivity index (χ0n) is 19.2. The number of amides is 1. The molecule has 5 rings (SSSR count). The van der Waals surface area contributed by atoms with Gasteiger partial charge in [-0.3, -0.25) is 19.1 Å². The van der Waals surface area contributed by atoms with Crippen molar-refractivity contribution in [3.05, 3.63) is 40.4 Å². The predicted molar refractivity (Wildman–Crippen MR) is 129 cm³/mol. The molecule has 12 nitrogen and oxygen atoms in total. The van der Waals surface area contributed by atoms with E-state index in [0.29, 0.717) is 67.8 Å². The molecule has 1 amide bonds. The molecule has 5 heterocycles. The number of fused-ring (bicyclic) bond motifs is 2. The Kier molecular flexibility index (Phi) is 6.90. The minimum atomic E-state index is -0.475. The largest absolute Gasteiger partial charge is 0.481 e. The molecule has 0 bridgehead atoms. The molecule has 0 radical (unpaired) electrons. The van der Waals surface area contributed by atoms with Gasteiger partial charge in [-0.2, -0.15) is 10.1 Å². The highest BCUT2D eigenvalue weighted by molar-refractivity contribution is 8.00. The second-order valence-electron chi connectivity index (χ2n) is 8.55. The van der Waals surface area contributed by atoms with Crippen LogP contribution >= 0.6 is 11.8 Å². The van der Waals surface area contributed by atoms with Gasteiger partial charge in [0.15, 0.2) is 5.65 Å². The predicted octanol–water partition coefficient (Wildman–Crippen LogP) is -0.283. The molecular weight excluding hydrogens is 472 g/mol. The summed E-state index contributed by atoms with van der Waals surface area (Å²) in [4.78, 5) is 34.7. The van der Waals surface area contributed by atoms with E-state index < -0.39 is 6.10 Å². The lowest BCUT2D eigenvalue weighted by atomic mass is 10.1. The number of hydrogen-bond acceptors (Lipinski definition) is 11. The monoisotopic (exact) mass is 498 g/mol. The van der Waals surface area contributed by atoms with E-state index in [2.05, 4.69) is 35.7 Å². The van der Waals surface area contributed by atoms with Crippen LogP contribution in [-0.2, 0) is 17.9 Å². The Balaban J connectivity index is 1.16. The Morgan fingerprint density at radius 1 is 1.26 bits per heavy atom. The number of carbonyl (C=O) groups excluding carboxylic acids is 1. The van der Waals surface area contributed by atoms with Gasteiger partial charge in [-0.15, -0.1) is 5.10 Å². The fourth-order valence-electron chi connectivity index (χ4n) is 4.33. The zero-order valence-corrected chi connectivity index (χ0v) is 20.0. The molecule has 2 aliphatic rings. The number of anilines is 1. The van der Waals surface area contributed by atoms with Crippen LogP contribution in [0.5, 0.6) is 5.88 Å². The minimum Gasteiger partial charge on any atom is -0.481 e. The van der Waals surface area contributed by atoms with Crippen LogP contribution in [0.4, 0.5) is 5.69 Å². The number of carbonyl (C=O) groups is 1. The van der Waals surface area contributed by atoms with Crippen LogP contribution in [0.2, 0.25) is 0 Å². The Morgan fingerprint density at radius 2 is 2.14 bits per heavy atom. The molecule has 13 heteroatoms. The molecule has 3 aromatic heterocycles. The Bertz CT molecular complexity index is 1300. The number of likely N-dealkylation sites (tertiary alicyclic amines) is 1. The molecule has 1 fully saturated rings. The van der Waals surface area contributed by atoms with Crippen molar-refractivity contribution in [2.75, 3.05) is 44.4 Å². The minimum absolute atomic E-state index is 0.0412.